The topological polar surface area (TPSA) is 99.7 Å². The normalized spacial score (nSPS) is 16.2. The van der Waals surface area contributed by atoms with Gasteiger partial charge in [0.25, 0.3) is 5.89 Å². The fourth-order valence-electron chi connectivity index (χ4n) is 4.93. The molecule has 0 unspecified atom stereocenters. The number of rotatable bonds is 8. The Labute approximate surface area is 206 Å². The predicted molar refractivity (Wildman–Crippen MR) is 135 cm³/mol. The summed E-state index contributed by atoms with van der Waals surface area (Å²) in [6, 6.07) is 13.5. The Kier molecular flexibility index (Phi) is 7.26. The number of phenols is 1. The van der Waals surface area contributed by atoms with E-state index in [2.05, 4.69) is 41.0 Å². The van der Waals surface area contributed by atoms with Gasteiger partial charge >= 0.3 is 5.97 Å². The van der Waals surface area contributed by atoms with E-state index in [-0.39, 0.29) is 11.7 Å². The van der Waals surface area contributed by atoms with Gasteiger partial charge in [0.2, 0.25) is 5.82 Å². The highest BCUT2D eigenvalue weighted by atomic mass is 16.5. The number of aromatic hydroxyl groups is 1. The van der Waals surface area contributed by atoms with Crippen molar-refractivity contribution in [2.45, 2.75) is 53.5 Å². The molecule has 1 aromatic heterocycles. The Hall–Kier alpha value is -3.19. The van der Waals surface area contributed by atoms with Crippen molar-refractivity contribution in [2.75, 3.05) is 13.1 Å². The summed E-state index contributed by atoms with van der Waals surface area (Å²) in [6.45, 7) is 10.6. The van der Waals surface area contributed by atoms with Crippen LogP contribution in [0.25, 0.3) is 22.8 Å². The molecule has 0 saturated carbocycles. The summed E-state index contributed by atoms with van der Waals surface area (Å²) in [4.78, 5) is 18.7. The number of benzene rings is 2. The molecule has 186 valence electrons. The first-order valence-electron chi connectivity index (χ1n) is 12.4. The van der Waals surface area contributed by atoms with Crippen LogP contribution >= 0.6 is 0 Å². The Morgan fingerprint density at radius 2 is 1.71 bits per heavy atom. The minimum atomic E-state index is -0.669. The number of aromatic nitrogens is 2. The lowest BCUT2D eigenvalue weighted by Gasteiger charge is -2.41. The lowest BCUT2D eigenvalue weighted by molar-refractivity contribution is -0.155. The van der Waals surface area contributed by atoms with Crippen LogP contribution in [0.5, 0.6) is 5.75 Å². The molecule has 0 aliphatic carbocycles. The van der Waals surface area contributed by atoms with Crippen molar-refractivity contribution >= 4 is 5.97 Å². The van der Waals surface area contributed by atoms with E-state index in [1.807, 2.05) is 38.1 Å². The smallest absolute Gasteiger partial charge is 0.309 e. The summed E-state index contributed by atoms with van der Waals surface area (Å²) < 4.78 is 5.46. The number of likely N-dealkylation sites (tertiary alicyclic amines) is 1. The zero-order valence-electron chi connectivity index (χ0n) is 21.0. The first-order chi connectivity index (χ1) is 16.7. The number of aliphatic carboxylic acids is 1. The third-order valence-corrected chi connectivity index (χ3v) is 7.28. The third-order valence-electron chi connectivity index (χ3n) is 7.28. The molecule has 0 amide bonds. The van der Waals surface area contributed by atoms with E-state index in [4.69, 9.17) is 4.52 Å². The Morgan fingerprint density at radius 1 is 1.06 bits per heavy atom. The van der Waals surface area contributed by atoms with Gasteiger partial charge in [0.1, 0.15) is 5.75 Å². The van der Waals surface area contributed by atoms with E-state index in [0.29, 0.717) is 36.0 Å². The molecule has 2 heterocycles. The number of piperidine rings is 1. The fourth-order valence-corrected chi connectivity index (χ4v) is 4.93. The summed E-state index contributed by atoms with van der Waals surface area (Å²) in [5, 5.41) is 24.2. The van der Waals surface area contributed by atoms with Gasteiger partial charge in [0, 0.05) is 17.7 Å². The number of hydrogen-bond acceptors (Lipinski definition) is 6. The summed E-state index contributed by atoms with van der Waals surface area (Å²) >= 11 is 0. The maximum absolute atomic E-state index is 11.9. The van der Waals surface area contributed by atoms with Gasteiger partial charge in [0.05, 0.1) is 5.41 Å². The van der Waals surface area contributed by atoms with Crippen LogP contribution in [0, 0.1) is 17.3 Å². The Bertz CT molecular complexity index is 1160. The highest BCUT2D eigenvalue weighted by molar-refractivity contribution is 5.75. The Balaban J connectivity index is 1.40. The quantitative estimate of drug-likeness (QED) is 0.434. The number of hydrogen-bond donors (Lipinski definition) is 2. The van der Waals surface area contributed by atoms with Gasteiger partial charge in [-0.2, -0.15) is 4.98 Å². The summed E-state index contributed by atoms with van der Waals surface area (Å²) in [6.07, 6.45) is 2.17. The predicted octanol–water partition coefficient (Wildman–Crippen LogP) is 5.63. The number of carboxylic acids is 1. The van der Waals surface area contributed by atoms with Crippen LogP contribution in [0.1, 0.15) is 51.7 Å². The van der Waals surface area contributed by atoms with E-state index in [1.165, 1.54) is 0 Å². The molecule has 2 aromatic carbocycles. The van der Waals surface area contributed by atoms with E-state index in [9.17, 15) is 15.0 Å². The number of carbonyl (C=O) groups is 1. The molecule has 7 heteroatoms. The van der Waals surface area contributed by atoms with Crippen molar-refractivity contribution in [2.24, 2.45) is 17.3 Å². The molecule has 4 rings (SSSR count). The molecule has 2 N–H and O–H groups in total. The SMILES string of the molecule is CC(C)Cc1ccc(-c2nc(-c3ccc(CN4CCC(C(=O)O)(C(C)C)CC4)cc3)no2)cc1O. The standard InChI is InChI=1S/C28H35N3O4/c1-18(2)15-22-9-10-23(16-24(22)32)26-29-25(30-35-26)21-7-5-20(6-8-21)17-31-13-11-28(12-14-31,19(3)4)27(33)34/h5-10,16,18-19,32H,11-15,17H2,1-4H3,(H,33,34). The average molecular weight is 478 g/mol. The highest BCUT2D eigenvalue weighted by Crippen LogP contribution is 2.39. The maximum Gasteiger partial charge on any atom is 0.309 e. The molecule has 1 fully saturated rings. The molecule has 1 aliphatic heterocycles. The van der Waals surface area contributed by atoms with Crippen LogP contribution < -0.4 is 0 Å². The van der Waals surface area contributed by atoms with Crippen molar-refractivity contribution in [3.8, 4) is 28.6 Å². The van der Waals surface area contributed by atoms with Gasteiger partial charge in [-0.15, -0.1) is 0 Å². The second-order valence-corrected chi connectivity index (χ2v) is 10.5. The minimum absolute atomic E-state index is 0.128. The van der Waals surface area contributed by atoms with E-state index in [1.54, 1.807) is 6.07 Å². The van der Waals surface area contributed by atoms with Crippen molar-refractivity contribution in [1.29, 1.82) is 0 Å². The van der Waals surface area contributed by atoms with Crippen molar-refractivity contribution in [3.05, 3.63) is 53.6 Å². The molecule has 0 spiro atoms. The second kappa shape index (κ2) is 10.2. The summed E-state index contributed by atoms with van der Waals surface area (Å²) in [5.74, 6) is 1.03. The van der Waals surface area contributed by atoms with Crippen LogP contribution in [0.2, 0.25) is 0 Å². The molecule has 0 bridgehead atoms. The van der Waals surface area contributed by atoms with Crippen LogP contribution in [0.4, 0.5) is 0 Å². The molecular weight excluding hydrogens is 442 g/mol. The van der Waals surface area contributed by atoms with Crippen LogP contribution in [0.3, 0.4) is 0 Å². The van der Waals surface area contributed by atoms with Crippen molar-refractivity contribution in [1.82, 2.24) is 15.0 Å². The lowest BCUT2D eigenvalue weighted by atomic mass is 9.70. The fraction of sp³-hybridized carbons (Fsp3) is 0.464. The van der Waals surface area contributed by atoms with E-state index >= 15 is 0 Å². The molecule has 0 atom stereocenters. The molecular formula is C28H35N3O4. The van der Waals surface area contributed by atoms with E-state index < -0.39 is 11.4 Å². The average Bonchev–Trinajstić information content (AvgIpc) is 3.31. The van der Waals surface area contributed by atoms with Gasteiger partial charge in [-0.25, -0.2) is 0 Å². The zero-order chi connectivity index (χ0) is 25.2. The maximum atomic E-state index is 11.9. The summed E-state index contributed by atoms with van der Waals surface area (Å²) in [7, 11) is 0. The number of carboxylic acid groups (broad SMARTS) is 1. The lowest BCUT2D eigenvalue weighted by Crippen LogP contribution is -2.47. The number of nitrogens with zero attached hydrogens (tertiary/aromatic N) is 3. The first kappa shape index (κ1) is 24.9. The zero-order valence-corrected chi connectivity index (χ0v) is 21.0. The van der Waals surface area contributed by atoms with Crippen LogP contribution in [-0.4, -0.2) is 44.3 Å². The van der Waals surface area contributed by atoms with Crippen LogP contribution in [0.15, 0.2) is 47.0 Å². The molecule has 0 radical (unpaired) electrons. The number of phenolic OH excluding ortho intramolecular Hbond substituents is 1. The monoisotopic (exact) mass is 477 g/mol. The van der Waals surface area contributed by atoms with Gasteiger partial charge in [-0.3, -0.25) is 9.69 Å². The largest absolute Gasteiger partial charge is 0.508 e. The second-order valence-electron chi connectivity index (χ2n) is 10.5. The third kappa shape index (κ3) is 5.40. The summed E-state index contributed by atoms with van der Waals surface area (Å²) in [5.41, 5.74) is 3.01. The molecule has 1 saturated heterocycles. The van der Waals surface area contributed by atoms with Crippen molar-refractivity contribution in [3.63, 3.8) is 0 Å². The van der Waals surface area contributed by atoms with Gasteiger partial charge in [-0.05, 0) is 67.4 Å². The van der Waals surface area contributed by atoms with E-state index in [0.717, 1.165) is 42.7 Å². The van der Waals surface area contributed by atoms with Gasteiger partial charge < -0.3 is 14.7 Å². The first-order valence-corrected chi connectivity index (χ1v) is 12.4. The molecule has 3 aromatic rings. The van der Waals surface area contributed by atoms with Crippen LogP contribution in [-0.2, 0) is 17.8 Å². The minimum Gasteiger partial charge on any atom is -0.508 e. The molecule has 1 aliphatic rings. The highest BCUT2D eigenvalue weighted by Gasteiger charge is 2.43. The van der Waals surface area contributed by atoms with Gasteiger partial charge in [-0.1, -0.05) is 63.2 Å². The Morgan fingerprint density at radius 3 is 2.29 bits per heavy atom. The molecule has 35 heavy (non-hydrogen) atoms. The molecule has 7 nitrogen and oxygen atoms in total. The van der Waals surface area contributed by atoms with Crippen molar-refractivity contribution < 1.29 is 19.5 Å². The van der Waals surface area contributed by atoms with Gasteiger partial charge in [0.15, 0.2) is 0 Å².